The molecular formula is C7H4BrF3N-. The summed E-state index contributed by atoms with van der Waals surface area (Å²) in [5.74, 6) is 0. The van der Waals surface area contributed by atoms with E-state index in [1.807, 2.05) is 0 Å². The molecule has 1 aromatic carbocycles. The van der Waals surface area contributed by atoms with E-state index >= 15 is 0 Å². The van der Waals surface area contributed by atoms with Crippen molar-refractivity contribution in [3.8, 4) is 0 Å². The maximum Gasteiger partial charge on any atom is 0.416 e. The third-order valence-corrected chi connectivity index (χ3v) is 1.68. The minimum Gasteiger partial charge on any atom is -0.699 e. The highest BCUT2D eigenvalue weighted by Crippen LogP contribution is 2.33. The maximum absolute atomic E-state index is 12.0. The summed E-state index contributed by atoms with van der Waals surface area (Å²) < 4.78 is 36.4. The minimum absolute atomic E-state index is 0.156. The lowest BCUT2D eigenvalue weighted by molar-refractivity contribution is -0.137. The lowest BCUT2D eigenvalue weighted by Crippen LogP contribution is -2.04. The number of rotatable bonds is 0. The highest BCUT2D eigenvalue weighted by molar-refractivity contribution is 9.10. The van der Waals surface area contributed by atoms with Crippen molar-refractivity contribution in [1.82, 2.24) is 0 Å². The van der Waals surface area contributed by atoms with Gasteiger partial charge in [-0.2, -0.15) is 13.2 Å². The Labute approximate surface area is 75.5 Å². The molecule has 0 amide bonds. The van der Waals surface area contributed by atoms with Crippen LogP contribution < -0.4 is 0 Å². The molecule has 0 radical (unpaired) electrons. The first-order valence-corrected chi connectivity index (χ1v) is 3.78. The van der Waals surface area contributed by atoms with E-state index in [2.05, 4.69) is 15.9 Å². The SMILES string of the molecule is [NH-]c1cc(Br)cc(C(F)(F)F)c1. The average Bonchev–Trinajstić information content (AvgIpc) is 1.82. The molecule has 0 fully saturated rings. The number of hydrogen-bond acceptors (Lipinski definition) is 0. The molecule has 0 aliphatic heterocycles. The van der Waals surface area contributed by atoms with E-state index in [1.54, 1.807) is 0 Å². The molecule has 1 nitrogen and oxygen atoms in total. The Morgan fingerprint density at radius 1 is 1.17 bits per heavy atom. The van der Waals surface area contributed by atoms with Crippen molar-refractivity contribution in [3.63, 3.8) is 0 Å². The van der Waals surface area contributed by atoms with Crippen LogP contribution in [0.1, 0.15) is 5.56 Å². The summed E-state index contributed by atoms with van der Waals surface area (Å²) in [6.07, 6.45) is -4.38. The molecule has 0 spiro atoms. The third kappa shape index (κ3) is 2.14. The number of benzene rings is 1. The molecule has 0 saturated carbocycles. The predicted molar refractivity (Wildman–Crippen MR) is 43.1 cm³/mol. The van der Waals surface area contributed by atoms with Crippen molar-refractivity contribution >= 4 is 21.6 Å². The highest BCUT2D eigenvalue weighted by Gasteiger charge is 2.30. The lowest BCUT2D eigenvalue weighted by Gasteiger charge is -2.10. The molecule has 1 rings (SSSR count). The molecular weight excluding hydrogens is 235 g/mol. The Bertz CT molecular complexity index is 275. The average molecular weight is 239 g/mol. The number of halogens is 4. The van der Waals surface area contributed by atoms with Crippen LogP contribution in [-0.2, 0) is 6.18 Å². The van der Waals surface area contributed by atoms with Gasteiger partial charge in [0.15, 0.2) is 0 Å². The van der Waals surface area contributed by atoms with Crippen LogP contribution in [0.4, 0.5) is 18.9 Å². The lowest BCUT2D eigenvalue weighted by atomic mass is 10.2. The van der Waals surface area contributed by atoms with Gasteiger partial charge in [-0.3, -0.25) is 0 Å². The quantitative estimate of drug-likeness (QED) is 0.649. The summed E-state index contributed by atoms with van der Waals surface area (Å²) >= 11 is 2.89. The first-order chi connectivity index (χ1) is 5.39. The van der Waals surface area contributed by atoms with E-state index in [-0.39, 0.29) is 10.2 Å². The van der Waals surface area contributed by atoms with Crippen LogP contribution in [0, 0.1) is 0 Å². The molecule has 5 heteroatoms. The van der Waals surface area contributed by atoms with Crippen LogP contribution in [0.3, 0.4) is 0 Å². The van der Waals surface area contributed by atoms with Gasteiger partial charge in [-0.15, -0.1) is 5.69 Å². The van der Waals surface area contributed by atoms with Gasteiger partial charge < -0.3 is 5.73 Å². The van der Waals surface area contributed by atoms with E-state index in [0.717, 1.165) is 12.1 Å². The molecule has 66 valence electrons. The van der Waals surface area contributed by atoms with Gasteiger partial charge in [0.2, 0.25) is 0 Å². The highest BCUT2D eigenvalue weighted by atomic mass is 79.9. The Morgan fingerprint density at radius 2 is 1.75 bits per heavy atom. The van der Waals surface area contributed by atoms with Gasteiger partial charge in [0.05, 0.1) is 5.56 Å². The van der Waals surface area contributed by atoms with Gasteiger partial charge >= 0.3 is 6.18 Å². The smallest absolute Gasteiger partial charge is 0.416 e. The van der Waals surface area contributed by atoms with E-state index in [9.17, 15) is 13.2 Å². The van der Waals surface area contributed by atoms with E-state index < -0.39 is 11.7 Å². The van der Waals surface area contributed by atoms with Crippen LogP contribution in [-0.4, -0.2) is 0 Å². The van der Waals surface area contributed by atoms with Crippen molar-refractivity contribution in [3.05, 3.63) is 34.0 Å². The fourth-order valence-electron chi connectivity index (χ4n) is 0.753. The van der Waals surface area contributed by atoms with Gasteiger partial charge in [0.25, 0.3) is 0 Å². The summed E-state index contributed by atoms with van der Waals surface area (Å²) in [6.45, 7) is 0. The monoisotopic (exact) mass is 238 g/mol. The molecule has 0 saturated heterocycles. The molecule has 0 atom stereocenters. The van der Waals surface area contributed by atoms with Crippen molar-refractivity contribution < 1.29 is 13.2 Å². The van der Waals surface area contributed by atoms with Crippen LogP contribution in [0.2, 0.25) is 0 Å². The fourth-order valence-corrected chi connectivity index (χ4v) is 1.25. The van der Waals surface area contributed by atoms with Crippen LogP contribution in [0.25, 0.3) is 5.73 Å². The van der Waals surface area contributed by atoms with Crippen LogP contribution in [0.5, 0.6) is 0 Å². The minimum atomic E-state index is -4.38. The topological polar surface area (TPSA) is 23.8 Å². The van der Waals surface area contributed by atoms with Gasteiger partial charge in [0, 0.05) is 4.47 Å². The van der Waals surface area contributed by atoms with Gasteiger partial charge in [-0.05, 0) is 6.07 Å². The van der Waals surface area contributed by atoms with E-state index in [1.165, 1.54) is 6.07 Å². The Balaban J connectivity index is 3.18. The van der Waals surface area contributed by atoms with Crippen LogP contribution in [0.15, 0.2) is 22.7 Å². The zero-order valence-electron chi connectivity index (χ0n) is 5.74. The summed E-state index contributed by atoms with van der Waals surface area (Å²) in [6, 6.07) is 3.03. The molecule has 12 heavy (non-hydrogen) atoms. The molecule has 0 heterocycles. The Kier molecular flexibility index (Phi) is 2.32. The summed E-state index contributed by atoms with van der Waals surface area (Å²) in [5.41, 5.74) is 6.07. The van der Waals surface area contributed by atoms with Crippen LogP contribution >= 0.6 is 15.9 Å². The third-order valence-electron chi connectivity index (χ3n) is 1.23. The summed E-state index contributed by atoms with van der Waals surface area (Å²) in [4.78, 5) is 0. The molecule has 0 aliphatic rings. The van der Waals surface area contributed by atoms with Crippen molar-refractivity contribution in [2.75, 3.05) is 0 Å². The zero-order chi connectivity index (χ0) is 9.35. The number of nitrogens with one attached hydrogen (secondary N) is 1. The van der Waals surface area contributed by atoms with Crippen molar-refractivity contribution in [2.45, 2.75) is 6.18 Å². The zero-order valence-corrected chi connectivity index (χ0v) is 7.33. The number of alkyl halides is 3. The summed E-state index contributed by atoms with van der Waals surface area (Å²) in [5, 5.41) is 0. The summed E-state index contributed by atoms with van der Waals surface area (Å²) in [7, 11) is 0. The Hall–Kier alpha value is -0.710. The largest absolute Gasteiger partial charge is 0.699 e. The second-order valence-corrected chi connectivity index (χ2v) is 3.14. The molecule has 0 aromatic heterocycles. The second-order valence-electron chi connectivity index (χ2n) is 2.23. The predicted octanol–water partition coefficient (Wildman–Crippen LogP) is 4.15. The molecule has 0 aliphatic carbocycles. The molecule has 1 aromatic rings. The van der Waals surface area contributed by atoms with Gasteiger partial charge in [-0.25, -0.2) is 0 Å². The molecule has 0 bridgehead atoms. The van der Waals surface area contributed by atoms with Crippen molar-refractivity contribution in [1.29, 1.82) is 0 Å². The van der Waals surface area contributed by atoms with Gasteiger partial charge in [-0.1, -0.05) is 28.1 Å². The fraction of sp³-hybridized carbons (Fsp3) is 0.143. The second kappa shape index (κ2) is 2.97. The van der Waals surface area contributed by atoms with E-state index in [0.29, 0.717) is 0 Å². The number of hydrogen-bond donors (Lipinski definition) is 0. The van der Waals surface area contributed by atoms with Gasteiger partial charge in [0.1, 0.15) is 0 Å². The van der Waals surface area contributed by atoms with E-state index in [4.69, 9.17) is 5.73 Å². The Morgan fingerprint density at radius 3 is 2.17 bits per heavy atom. The molecule has 1 N–H and O–H groups in total. The maximum atomic E-state index is 12.0. The normalized spacial score (nSPS) is 11.7. The first-order valence-electron chi connectivity index (χ1n) is 2.99. The molecule has 0 unspecified atom stereocenters. The first kappa shape index (κ1) is 9.38. The van der Waals surface area contributed by atoms with Crippen molar-refractivity contribution in [2.24, 2.45) is 0 Å². The standard InChI is InChI=1S/C7H4BrF3N/c8-5-1-4(7(9,10)11)2-6(12)3-5/h1-3,12H/q-1.